The first-order valence-corrected chi connectivity index (χ1v) is 4.98. The topological polar surface area (TPSA) is 92.8 Å². The highest BCUT2D eigenvalue weighted by atomic mass is 35.5. The van der Waals surface area contributed by atoms with Crippen LogP contribution in [0.1, 0.15) is 5.56 Å². The molecule has 4 N–H and O–H groups in total. The monoisotopic (exact) mass is 263 g/mol. The van der Waals surface area contributed by atoms with E-state index >= 15 is 0 Å². The predicted molar refractivity (Wildman–Crippen MR) is 58.9 cm³/mol. The van der Waals surface area contributed by atoms with Gasteiger partial charge in [0.25, 0.3) is 0 Å². The van der Waals surface area contributed by atoms with Gasteiger partial charge < -0.3 is 20.7 Å². The van der Waals surface area contributed by atoms with Gasteiger partial charge in [-0.1, -0.05) is 11.6 Å². The summed E-state index contributed by atoms with van der Waals surface area (Å²) in [6.07, 6.45) is -0.298. The Bertz CT molecular complexity index is 452. The van der Waals surface area contributed by atoms with Crippen molar-refractivity contribution in [3.05, 3.63) is 22.5 Å². The minimum absolute atomic E-state index is 0.0848. The van der Waals surface area contributed by atoms with Gasteiger partial charge in [-0.15, -0.1) is 0 Å². The SMILES string of the molecule is COc1cc(F)c(Cl)c(CC(N)C(=O)O)c1O. The molecule has 0 spiro atoms. The van der Waals surface area contributed by atoms with Crippen LogP contribution >= 0.6 is 11.6 Å². The molecule has 0 saturated heterocycles. The van der Waals surface area contributed by atoms with Gasteiger partial charge in [0.1, 0.15) is 11.9 Å². The molecule has 0 aromatic heterocycles. The fraction of sp³-hybridized carbons (Fsp3) is 0.300. The van der Waals surface area contributed by atoms with Crippen LogP contribution in [0.2, 0.25) is 5.02 Å². The first-order valence-electron chi connectivity index (χ1n) is 4.60. The zero-order valence-corrected chi connectivity index (χ0v) is 9.66. The molecule has 5 nitrogen and oxygen atoms in total. The van der Waals surface area contributed by atoms with Crippen molar-refractivity contribution in [2.45, 2.75) is 12.5 Å². The summed E-state index contributed by atoms with van der Waals surface area (Å²) in [5, 5.41) is 18.0. The Morgan fingerprint density at radius 3 is 2.76 bits per heavy atom. The lowest BCUT2D eigenvalue weighted by Gasteiger charge is -2.13. The normalized spacial score (nSPS) is 12.2. The molecule has 0 amide bonds. The summed E-state index contributed by atoms with van der Waals surface area (Å²) in [5.41, 5.74) is 5.21. The molecule has 0 aliphatic heterocycles. The molecule has 0 fully saturated rings. The van der Waals surface area contributed by atoms with Crippen molar-refractivity contribution >= 4 is 17.6 Å². The van der Waals surface area contributed by atoms with E-state index in [0.29, 0.717) is 0 Å². The Balaban J connectivity index is 3.22. The molecule has 0 heterocycles. The standard InChI is InChI=1S/C10H11ClFNO4/c1-17-7-3-5(12)8(11)4(9(7)14)2-6(13)10(15)16/h3,6,14H,2,13H2,1H3,(H,15,16). The predicted octanol–water partition coefficient (Wildman–Crippen LogP) is 1.15. The number of aliphatic carboxylic acids is 1. The van der Waals surface area contributed by atoms with Crippen LogP contribution in [0, 0.1) is 5.82 Å². The van der Waals surface area contributed by atoms with Crippen LogP contribution in [0.15, 0.2) is 6.07 Å². The number of carboxylic acids is 1. The third kappa shape index (κ3) is 2.78. The Hall–Kier alpha value is -1.53. The number of halogens is 2. The van der Waals surface area contributed by atoms with Gasteiger partial charge in [-0.05, 0) is 0 Å². The zero-order valence-electron chi connectivity index (χ0n) is 8.91. The summed E-state index contributed by atoms with van der Waals surface area (Å²) < 4.78 is 18.1. The second-order valence-corrected chi connectivity index (χ2v) is 3.73. The third-order valence-electron chi connectivity index (χ3n) is 2.21. The highest BCUT2D eigenvalue weighted by molar-refractivity contribution is 6.31. The smallest absolute Gasteiger partial charge is 0.320 e. The van der Waals surface area contributed by atoms with Gasteiger partial charge in [0.05, 0.1) is 12.1 Å². The molecule has 1 aromatic carbocycles. The second-order valence-electron chi connectivity index (χ2n) is 3.35. The molecule has 0 saturated carbocycles. The lowest BCUT2D eigenvalue weighted by Crippen LogP contribution is -2.32. The number of hydrogen-bond donors (Lipinski definition) is 3. The van der Waals surface area contributed by atoms with Crippen molar-refractivity contribution in [3.8, 4) is 11.5 Å². The van der Waals surface area contributed by atoms with E-state index in [1.54, 1.807) is 0 Å². The molecule has 17 heavy (non-hydrogen) atoms. The number of rotatable bonds is 4. The summed E-state index contributed by atoms with van der Waals surface area (Å²) >= 11 is 5.64. The molecular weight excluding hydrogens is 253 g/mol. The number of phenols is 1. The van der Waals surface area contributed by atoms with Crippen LogP contribution < -0.4 is 10.5 Å². The van der Waals surface area contributed by atoms with E-state index < -0.39 is 23.6 Å². The van der Waals surface area contributed by atoms with Crippen molar-refractivity contribution in [1.29, 1.82) is 0 Å². The average Bonchev–Trinajstić information content (AvgIpc) is 2.28. The van der Waals surface area contributed by atoms with Crippen molar-refractivity contribution in [1.82, 2.24) is 0 Å². The summed E-state index contributed by atoms with van der Waals surface area (Å²) in [7, 11) is 1.24. The van der Waals surface area contributed by atoms with Crippen molar-refractivity contribution in [2.75, 3.05) is 7.11 Å². The molecule has 1 atom stereocenters. The maximum absolute atomic E-state index is 13.3. The minimum Gasteiger partial charge on any atom is -0.504 e. The third-order valence-corrected chi connectivity index (χ3v) is 2.62. The van der Waals surface area contributed by atoms with Crippen LogP contribution in [0.4, 0.5) is 4.39 Å². The van der Waals surface area contributed by atoms with Gasteiger partial charge in [0.15, 0.2) is 11.5 Å². The van der Waals surface area contributed by atoms with Gasteiger partial charge in [-0.25, -0.2) is 4.39 Å². The number of methoxy groups -OCH3 is 1. The number of nitrogens with two attached hydrogens (primary N) is 1. The van der Waals surface area contributed by atoms with Gasteiger partial charge in [-0.3, -0.25) is 4.79 Å². The molecule has 0 radical (unpaired) electrons. The number of carboxylic acid groups (broad SMARTS) is 1. The van der Waals surface area contributed by atoms with E-state index in [9.17, 15) is 14.3 Å². The van der Waals surface area contributed by atoms with E-state index in [1.165, 1.54) is 7.11 Å². The minimum atomic E-state index is -1.29. The van der Waals surface area contributed by atoms with Gasteiger partial charge in [-0.2, -0.15) is 0 Å². The number of ether oxygens (including phenoxy) is 1. The quantitative estimate of drug-likeness (QED) is 0.758. The lowest BCUT2D eigenvalue weighted by atomic mass is 10.0. The summed E-state index contributed by atoms with van der Waals surface area (Å²) in [4.78, 5) is 10.6. The highest BCUT2D eigenvalue weighted by Crippen LogP contribution is 2.37. The molecular formula is C10H11ClFNO4. The van der Waals surface area contributed by atoms with Gasteiger partial charge >= 0.3 is 5.97 Å². The number of hydrogen-bond acceptors (Lipinski definition) is 4. The number of benzene rings is 1. The Kier molecular flexibility index (Phi) is 4.14. The second kappa shape index (κ2) is 5.20. The summed E-state index contributed by atoms with van der Waals surface area (Å²) in [6, 6.07) is -0.377. The fourth-order valence-corrected chi connectivity index (χ4v) is 1.51. The Morgan fingerprint density at radius 2 is 2.29 bits per heavy atom. The largest absolute Gasteiger partial charge is 0.504 e. The number of phenolic OH excluding ortho intramolecular Hbond substituents is 1. The Morgan fingerprint density at radius 1 is 1.71 bits per heavy atom. The van der Waals surface area contributed by atoms with E-state index in [-0.39, 0.29) is 22.8 Å². The maximum Gasteiger partial charge on any atom is 0.320 e. The Labute approximate surface area is 102 Å². The summed E-state index contributed by atoms with van der Waals surface area (Å²) in [6.45, 7) is 0. The van der Waals surface area contributed by atoms with Crippen molar-refractivity contribution < 1.29 is 24.1 Å². The molecule has 7 heteroatoms. The van der Waals surface area contributed by atoms with Crippen LogP contribution in [-0.4, -0.2) is 29.3 Å². The molecule has 0 aliphatic carbocycles. The van der Waals surface area contributed by atoms with E-state index in [2.05, 4.69) is 0 Å². The van der Waals surface area contributed by atoms with Crippen LogP contribution in [0.25, 0.3) is 0 Å². The van der Waals surface area contributed by atoms with Crippen LogP contribution in [-0.2, 0) is 11.2 Å². The molecule has 1 rings (SSSR count). The van der Waals surface area contributed by atoms with E-state index in [4.69, 9.17) is 27.2 Å². The zero-order chi connectivity index (χ0) is 13.2. The summed E-state index contributed by atoms with van der Waals surface area (Å²) in [5.74, 6) is -2.62. The lowest BCUT2D eigenvalue weighted by molar-refractivity contribution is -0.138. The van der Waals surface area contributed by atoms with E-state index in [0.717, 1.165) is 6.07 Å². The van der Waals surface area contributed by atoms with Gasteiger partial charge in [0, 0.05) is 18.1 Å². The van der Waals surface area contributed by atoms with Crippen molar-refractivity contribution in [2.24, 2.45) is 5.73 Å². The highest BCUT2D eigenvalue weighted by Gasteiger charge is 2.22. The number of carbonyl (C=O) groups is 1. The molecule has 0 bridgehead atoms. The molecule has 1 unspecified atom stereocenters. The molecule has 0 aliphatic rings. The van der Waals surface area contributed by atoms with Crippen molar-refractivity contribution in [3.63, 3.8) is 0 Å². The fourth-order valence-electron chi connectivity index (χ4n) is 1.29. The molecule has 94 valence electrons. The first-order chi connectivity index (χ1) is 7.88. The van der Waals surface area contributed by atoms with Crippen LogP contribution in [0.5, 0.6) is 11.5 Å². The average molecular weight is 264 g/mol. The maximum atomic E-state index is 13.3. The van der Waals surface area contributed by atoms with E-state index in [1.807, 2.05) is 0 Å². The van der Waals surface area contributed by atoms with Gasteiger partial charge in [0.2, 0.25) is 0 Å². The van der Waals surface area contributed by atoms with Crippen LogP contribution in [0.3, 0.4) is 0 Å². The molecule has 1 aromatic rings. The first kappa shape index (κ1) is 13.5. The number of aromatic hydroxyl groups is 1.